The second-order valence-electron chi connectivity index (χ2n) is 6.58. The number of hydrogen-bond donors (Lipinski definition) is 1. The molecule has 0 bridgehead atoms. The third kappa shape index (κ3) is 3.74. The van der Waals surface area contributed by atoms with Crippen molar-refractivity contribution in [2.45, 2.75) is 18.6 Å². The van der Waals surface area contributed by atoms with E-state index in [9.17, 15) is 9.90 Å². The fourth-order valence-corrected chi connectivity index (χ4v) is 3.42. The van der Waals surface area contributed by atoms with E-state index in [0.717, 1.165) is 10.9 Å². The SMILES string of the molecule is COc1ccc2c(O[C@@H]3C[C@@H](C(=O)O)N(C)C3)cc(-n3cccn3)nc2c1.Cl. The summed E-state index contributed by atoms with van der Waals surface area (Å²) >= 11 is 0. The van der Waals surface area contributed by atoms with Crippen LogP contribution in [0.3, 0.4) is 0 Å². The Labute approximate surface area is 168 Å². The largest absolute Gasteiger partial charge is 0.497 e. The van der Waals surface area contributed by atoms with Crippen molar-refractivity contribution < 1.29 is 19.4 Å². The normalized spacial score (nSPS) is 19.4. The number of carboxylic acids is 1. The molecule has 0 radical (unpaired) electrons. The van der Waals surface area contributed by atoms with Crippen molar-refractivity contribution in [1.82, 2.24) is 19.7 Å². The molecule has 1 saturated heterocycles. The van der Waals surface area contributed by atoms with Gasteiger partial charge < -0.3 is 14.6 Å². The van der Waals surface area contributed by atoms with E-state index in [1.807, 2.05) is 36.5 Å². The van der Waals surface area contributed by atoms with Gasteiger partial charge in [0.25, 0.3) is 0 Å². The Bertz CT molecular complexity index is 979. The number of benzene rings is 1. The number of aliphatic carboxylic acids is 1. The van der Waals surface area contributed by atoms with Crippen molar-refractivity contribution >= 4 is 29.3 Å². The van der Waals surface area contributed by atoms with Gasteiger partial charge in [-0.05, 0) is 25.2 Å². The predicted octanol–water partition coefficient (Wildman–Crippen LogP) is 2.39. The highest BCUT2D eigenvalue weighted by Gasteiger charge is 2.36. The van der Waals surface area contributed by atoms with Crippen LogP contribution in [0.1, 0.15) is 6.42 Å². The molecule has 8 nitrogen and oxygen atoms in total. The van der Waals surface area contributed by atoms with Gasteiger partial charge in [0.1, 0.15) is 23.6 Å². The van der Waals surface area contributed by atoms with Crippen LogP contribution in [0.25, 0.3) is 16.7 Å². The molecular formula is C19H21ClN4O4. The topological polar surface area (TPSA) is 89.7 Å². The van der Waals surface area contributed by atoms with Crippen molar-refractivity contribution in [3.8, 4) is 17.3 Å². The maximum atomic E-state index is 11.4. The quantitative estimate of drug-likeness (QED) is 0.698. The fraction of sp³-hybridized carbons (Fsp3) is 0.316. The number of carbonyl (C=O) groups is 1. The van der Waals surface area contributed by atoms with Crippen LogP contribution in [0.2, 0.25) is 0 Å². The summed E-state index contributed by atoms with van der Waals surface area (Å²) in [6, 6.07) is 8.71. The lowest BCUT2D eigenvalue weighted by Gasteiger charge is -2.17. The molecule has 3 heterocycles. The number of halogens is 1. The van der Waals surface area contributed by atoms with Crippen LogP contribution in [0.4, 0.5) is 0 Å². The number of fused-ring (bicyclic) bond motifs is 1. The third-order valence-electron chi connectivity index (χ3n) is 4.79. The Kier molecular flexibility index (Phi) is 5.71. The first-order chi connectivity index (χ1) is 13.0. The summed E-state index contributed by atoms with van der Waals surface area (Å²) < 4.78 is 13.2. The molecule has 4 rings (SSSR count). The number of carboxylic acid groups (broad SMARTS) is 1. The number of aromatic nitrogens is 3. The van der Waals surface area contributed by atoms with Gasteiger partial charge in [0.05, 0.1) is 12.6 Å². The van der Waals surface area contributed by atoms with Crippen LogP contribution in [0.5, 0.6) is 11.5 Å². The van der Waals surface area contributed by atoms with E-state index in [1.54, 1.807) is 29.9 Å². The van der Waals surface area contributed by atoms with Crippen LogP contribution in [-0.4, -0.2) is 63.6 Å². The van der Waals surface area contributed by atoms with Gasteiger partial charge >= 0.3 is 5.97 Å². The first-order valence-electron chi connectivity index (χ1n) is 8.63. The zero-order chi connectivity index (χ0) is 19.0. The minimum atomic E-state index is -0.829. The molecule has 1 aliphatic heterocycles. The molecule has 0 amide bonds. The molecule has 148 valence electrons. The molecule has 0 saturated carbocycles. The van der Waals surface area contributed by atoms with Crippen molar-refractivity contribution in [2.75, 3.05) is 20.7 Å². The molecule has 0 aliphatic carbocycles. The number of pyridine rings is 1. The van der Waals surface area contributed by atoms with E-state index in [1.165, 1.54) is 0 Å². The monoisotopic (exact) mass is 404 g/mol. The standard InChI is InChI=1S/C19H20N4O4.ClH/c1-22-11-13(9-16(22)19(24)25)27-17-10-18(23-7-3-6-20-23)21-15-8-12(26-2)4-5-14(15)17;/h3-8,10,13,16H,9,11H2,1-2H3,(H,24,25);1H/t13-,16+;/m1./s1. The van der Waals surface area contributed by atoms with E-state index in [0.29, 0.717) is 30.3 Å². The molecule has 3 aromatic rings. The summed E-state index contributed by atoms with van der Waals surface area (Å²) in [6.07, 6.45) is 3.71. The number of nitrogens with zero attached hydrogens (tertiary/aromatic N) is 4. The van der Waals surface area contributed by atoms with Gasteiger partial charge in [0.15, 0.2) is 5.82 Å². The smallest absolute Gasteiger partial charge is 0.321 e. The van der Waals surface area contributed by atoms with Crippen LogP contribution in [0.15, 0.2) is 42.7 Å². The summed E-state index contributed by atoms with van der Waals surface area (Å²) in [7, 11) is 3.41. The van der Waals surface area contributed by atoms with Crippen molar-refractivity contribution in [3.63, 3.8) is 0 Å². The number of likely N-dealkylation sites (tertiary alicyclic amines) is 1. The van der Waals surface area contributed by atoms with Crippen LogP contribution >= 0.6 is 12.4 Å². The maximum absolute atomic E-state index is 11.4. The fourth-order valence-electron chi connectivity index (χ4n) is 3.42. The summed E-state index contributed by atoms with van der Waals surface area (Å²) in [5.74, 6) is 1.14. The lowest BCUT2D eigenvalue weighted by atomic mass is 10.1. The molecule has 0 unspecified atom stereocenters. The minimum Gasteiger partial charge on any atom is -0.497 e. The van der Waals surface area contributed by atoms with Crippen LogP contribution in [0, 0.1) is 0 Å². The van der Waals surface area contributed by atoms with Gasteiger partial charge in [-0.3, -0.25) is 9.69 Å². The van der Waals surface area contributed by atoms with Gasteiger partial charge in [0, 0.05) is 42.9 Å². The van der Waals surface area contributed by atoms with Gasteiger partial charge in [-0.15, -0.1) is 12.4 Å². The Balaban J connectivity index is 0.00000225. The van der Waals surface area contributed by atoms with E-state index < -0.39 is 12.0 Å². The number of ether oxygens (including phenoxy) is 2. The van der Waals surface area contributed by atoms with E-state index in [-0.39, 0.29) is 18.5 Å². The van der Waals surface area contributed by atoms with Crippen molar-refractivity contribution in [2.24, 2.45) is 0 Å². The first-order valence-corrected chi connectivity index (χ1v) is 8.63. The highest BCUT2D eigenvalue weighted by molar-refractivity contribution is 5.87. The lowest BCUT2D eigenvalue weighted by molar-refractivity contribution is -0.141. The van der Waals surface area contributed by atoms with Gasteiger partial charge in [0.2, 0.25) is 0 Å². The molecule has 2 atom stereocenters. The Morgan fingerprint density at radius 2 is 2.14 bits per heavy atom. The van der Waals surface area contributed by atoms with Crippen molar-refractivity contribution in [1.29, 1.82) is 0 Å². The number of likely N-dealkylation sites (N-methyl/N-ethyl adjacent to an activating group) is 1. The minimum absolute atomic E-state index is 0. The zero-order valence-corrected chi connectivity index (χ0v) is 16.3. The van der Waals surface area contributed by atoms with Gasteiger partial charge in [-0.1, -0.05) is 0 Å². The van der Waals surface area contributed by atoms with E-state index >= 15 is 0 Å². The predicted molar refractivity (Wildman–Crippen MR) is 106 cm³/mol. The molecule has 28 heavy (non-hydrogen) atoms. The number of hydrogen-bond acceptors (Lipinski definition) is 6. The molecule has 1 N–H and O–H groups in total. The first kappa shape index (κ1) is 19.9. The molecule has 2 aromatic heterocycles. The Morgan fingerprint density at radius 3 is 2.79 bits per heavy atom. The van der Waals surface area contributed by atoms with Gasteiger partial charge in [-0.25, -0.2) is 9.67 Å². The number of rotatable bonds is 5. The third-order valence-corrected chi connectivity index (χ3v) is 4.79. The lowest BCUT2D eigenvalue weighted by Crippen LogP contribution is -2.32. The highest BCUT2D eigenvalue weighted by atomic mass is 35.5. The summed E-state index contributed by atoms with van der Waals surface area (Å²) in [4.78, 5) is 17.8. The highest BCUT2D eigenvalue weighted by Crippen LogP contribution is 2.32. The maximum Gasteiger partial charge on any atom is 0.321 e. The summed E-state index contributed by atoms with van der Waals surface area (Å²) in [5.41, 5.74) is 0.721. The molecule has 9 heteroatoms. The van der Waals surface area contributed by atoms with Crippen LogP contribution in [-0.2, 0) is 4.79 Å². The zero-order valence-electron chi connectivity index (χ0n) is 15.5. The summed E-state index contributed by atoms with van der Waals surface area (Å²) in [5, 5.41) is 14.4. The average molecular weight is 405 g/mol. The second-order valence-corrected chi connectivity index (χ2v) is 6.58. The Hall–Kier alpha value is -2.84. The van der Waals surface area contributed by atoms with Crippen molar-refractivity contribution in [3.05, 3.63) is 42.7 Å². The number of methoxy groups -OCH3 is 1. The summed E-state index contributed by atoms with van der Waals surface area (Å²) in [6.45, 7) is 0.550. The molecular weight excluding hydrogens is 384 g/mol. The second kappa shape index (κ2) is 8.04. The van der Waals surface area contributed by atoms with E-state index in [4.69, 9.17) is 9.47 Å². The average Bonchev–Trinajstić information content (AvgIpc) is 3.31. The molecule has 0 spiro atoms. The Morgan fingerprint density at radius 1 is 1.32 bits per heavy atom. The van der Waals surface area contributed by atoms with E-state index in [2.05, 4.69) is 10.1 Å². The van der Waals surface area contributed by atoms with Gasteiger partial charge in [-0.2, -0.15) is 5.10 Å². The van der Waals surface area contributed by atoms with Crippen LogP contribution < -0.4 is 9.47 Å². The molecule has 1 aromatic carbocycles. The molecule has 1 fully saturated rings. The molecule has 1 aliphatic rings.